The summed E-state index contributed by atoms with van der Waals surface area (Å²) in [7, 11) is 0. The number of anilines is 1. The van der Waals surface area contributed by atoms with Gasteiger partial charge in [-0.3, -0.25) is 5.01 Å². The molecule has 0 spiro atoms. The van der Waals surface area contributed by atoms with Crippen molar-refractivity contribution in [2.75, 3.05) is 11.6 Å². The molecule has 2 aromatic heterocycles. The van der Waals surface area contributed by atoms with Gasteiger partial charge in [0.2, 0.25) is 0 Å². The lowest BCUT2D eigenvalue weighted by Crippen LogP contribution is -2.40. The van der Waals surface area contributed by atoms with Crippen molar-refractivity contribution in [2.24, 2.45) is 0 Å². The molecule has 3 rings (SSSR count). The highest BCUT2D eigenvalue weighted by Gasteiger charge is 2.23. The van der Waals surface area contributed by atoms with Gasteiger partial charge in [-0.2, -0.15) is 0 Å². The van der Waals surface area contributed by atoms with Gasteiger partial charge >= 0.3 is 6.09 Å². The summed E-state index contributed by atoms with van der Waals surface area (Å²) in [5, 5.41) is 11.2. The Morgan fingerprint density at radius 1 is 1.50 bits per heavy atom. The van der Waals surface area contributed by atoms with Crippen LogP contribution >= 0.6 is 0 Å². The lowest BCUT2D eigenvalue weighted by molar-refractivity contribution is 0.193. The number of hydrazine groups is 1. The van der Waals surface area contributed by atoms with E-state index in [-0.39, 0.29) is 0 Å². The molecule has 0 fully saturated rings. The van der Waals surface area contributed by atoms with Crippen LogP contribution in [0.1, 0.15) is 0 Å². The van der Waals surface area contributed by atoms with Crippen molar-refractivity contribution in [1.29, 1.82) is 0 Å². The molecule has 0 bridgehead atoms. The van der Waals surface area contributed by atoms with Gasteiger partial charge in [0.25, 0.3) is 0 Å². The Balaban J connectivity index is 2.08. The van der Waals surface area contributed by atoms with E-state index >= 15 is 0 Å². The smallest absolute Gasteiger partial charge is 0.423 e. The molecule has 0 aliphatic carbocycles. The van der Waals surface area contributed by atoms with Crippen LogP contribution in [0.25, 0.3) is 11.0 Å². The molecule has 0 radical (unpaired) electrons. The Kier molecular flexibility index (Phi) is 1.73. The molecule has 7 nitrogen and oxygen atoms in total. The molecule has 0 atom stereocenters. The first-order valence-electron chi connectivity index (χ1n) is 4.82. The topological polar surface area (TPSA) is 83.3 Å². The fraction of sp³-hybridized carbons (Fsp3) is 0.222. The molecule has 2 aromatic rings. The number of nitrogens with one attached hydrogen (secondary N) is 1. The molecular formula is C9H9N5O2. The van der Waals surface area contributed by atoms with Crippen molar-refractivity contribution >= 4 is 22.9 Å². The third-order valence-corrected chi connectivity index (χ3v) is 2.59. The highest BCUT2D eigenvalue weighted by molar-refractivity contribution is 5.82. The van der Waals surface area contributed by atoms with Crippen LogP contribution in [0, 0.1) is 0 Å². The number of aromatic nitrogens is 3. The fourth-order valence-corrected chi connectivity index (χ4v) is 1.97. The maximum absolute atomic E-state index is 10.6. The van der Waals surface area contributed by atoms with Crippen LogP contribution < -0.4 is 10.4 Å². The second kappa shape index (κ2) is 3.09. The number of hydrogen-bond donors (Lipinski definition) is 2. The van der Waals surface area contributed by atoms with Crippen LogP contribution in [-0.4, -0.2) is 32.3 Å². The Labute approximate surface area is 90.3 Å². The normalized spacial score (nSPS) is 14.1. The summed E-state index contributed by atoms with van der Waals surface area (Å²) in [5.74, 6) is 0.804. The minimum atomic E-state index is -1.07. The molecule has 2 N–H and O–H groups in total. The first kappa shape index (κ1) is 8.96. The first-order valence-corrected chi connectivity index (χ1v) is 4.82. The van der Waals surface area contributed by atoms with Gasteiger partial charge in [0, 0.05) is 18.1 Å². The average molecular weight is 219 g/mol. The number of carboxylic acid groups (broad SMARTS) is 1. The molecule has 0 saturated carbocycles. The second-order valence-corrected chi connectivity index (χ2v) is 3.52. The summed E-state index contributed by atoms with van der Waals surface area (Å²) in [5.41, 5.74) is 3.17. The summed E-state index contributed by atoms with van der Waals surface area (Å²) in [6, 6.07) is 1.87. The van der Waals surface area contributed by atoms with Crippen molar-refractivity contribution in [2.45, 2.75) is 6.54 Å². The van der Waals surface area contributed by atoms with E-state index in [1.165, 1.54) is 6.33 Å². The average Bonchev–Trinajstić information content (AvgIpc) is 2.78. The van der Waals surface area contributed by atoms with Gasteiger partial charge in [0.15, 0.2) is 0 Å². The van der Waals surface area contributed by atoms with Gasteiger partial charge in [-0.1, -0.05) is 0 Å². The number of nitrogens with zero attached hydrogens (tertiary/aromatic N) is 4. The zero-order valence-electron chi connectivity index (χ0n) is 8.29. The van der Waals surface area contributed by atoms with E-state index in [1.54, 1.807) is 11.2 Å². The van der Waals surface area contributed by atoms with Crippen molar-refractivity contribution in [3.05, 3.63) is 18.6 Å². The summed E-state index contributed by atoms with van der Waals surface area (Å²) in [4.78, 5) is 18.7. The minimum absolute atomic E-state index is 0.613. The highest BCUT2D eigenvalue weighted by Crippen LogP contribution is 2.27. The maximum Gasteiger partial charge on any atom is 0.423 e. The van der Waals surface area contributed by atoms with E-state index < -0.39 is 6.09 Å². The monoisotopic (exact) mass is 219 g/mol. The van der Waals surface area contributed by atoms with Crippen LogP contribution in [0.3, 0.4) is 0 Å². The number of hydrogen-bond acceptors (Lipinski definition) is 4. The summed E-state index contributed by atoms with van der Waals surface area (Å²) >= 11 is 0. The summed E-state index contributed by atoms with van der Waals surface area (Å²) in [6.45, 7) is 1.33. The van der Waals surface area contributed by atoms with E-state index in [4.69, 9.17) is 5.11 Å². The van der Waals surface area contributed by atoms with Gasteiger partial charge in [-0.15, -0.1) is 0 Å². The SMILES string of the molecule is O=C(O)NN1CCn2c1cc1cncnc12. The first-order chi connectivity index (χ1) is 7.75. The fourth-order valence-electron chi connectivity index (χ4n) is 1.97. The molecule has 1 aliphatic heterocycles. The van der Waals surface area contributed by atoms with Crippen molar-refractivity contribution in [3.8, 4) is 0 Å². The molecule has 0 aromatic carbocycles. The Morgan fingerprint density at radius 3 is 3.19 bits per heavy atom. The van der Waals surface area contributed by atoms with Crippen LogP contribution in [0.2, 0.25) is 0 Å². The summed E-state index contributed by atoms with van der Waals surface area (Å²) < 4.78 is 1.97. The van der Waals surface area contributed by atoms with Crippen molar-refractivity contribution in [1.82, 2.24) is 20.0 Å². The molecule has 3 heterocycles. The number of rotatable bonds is 1. The molecule has 1 aliphatic rings. The molecular weight excluding hydrogens is 210 g/mol. The summed E-state index contributed by atoms with van der Waals surface area (Å²) in [6.07, 6.45) is 2.14. The Bertz CT molecular complexity index is 564. The minimum Gasteiger partial charge on any atom is -0.464 e. The number of fused-ring (bicyclic) bond motifs is 3. The molecule has 16 heavy (non-hydrogen) atoms. The Hall–Kier alpha value is -2.31. The Morgan fingerprint density at radius 2 is 2.38 bits per heavy atom. The van der Waals surface area contributed by atoms with Crippen LogP contribution in [0.4, 0.5) is 10.6 Å². The van der Waals surface area contributed by atoms with Gasteiger partial charge in [0.05, 0.1) is 6.54 Å². The third-order valence-electron chi connectivity index (χ3n) is 2.59. The second-order valence-electron chi connectivity index (χ2n) is 3.52. The third kappa shape index (κ3) is 1.18. The maximum atomic E-state index is 10.6. The van der Waals surface area contributed by atoms with Crippen LogP contribution in [0.15, 0.2) is 18.6 Å². The molecule has 0 unspecified atom stereocenters. The van der Waals surface area contributed by atoms with Gasteiger partial charge in [-0.05, 0) is 6.07 Å². The van der Waals surface area contributed by atoms with E-state index in [0.29, 0.717) is 6.54 Å². The van der Waals surface area contributed by atoms with E-state index in [0.717, 1.165) is 23.4 Å². The highest BCUT2D eigenvalue weighted by atomic mass is 16.4. The van der Waals surface area contributed by atoms with Gasteiger partial charge in [0.1, 0.15) is 17.8 Å². The molecule has 0 saturated heterocycles. The predicted molar refractivity (Wildman–Crippen MR) is 56.0 cm³/mol. The standard InChI is InChI=1S/C9H9N5O2/c15-9(16)12-14-2-1-13-7(14)3-6-4-10-5-11-8(6)13/h3-5,12H,1-2H2,(H,15,16). The van der Waals surface area contributed by atoms with Gasteiger partial charge in [-0.25, -0.2) is 20.2 Å². The van der Waals surface area contributed by atoms with E-state index in [9.17, 15) is 4.79 Å². The molecule has 1 amide bonds. The largest absolute Gasteiger partial charge is 0.464 e. The number of carbonyl (C=O) groups is 1. The quantitative estimate of drug-likeness (QED) is 0.726. The predicted octanol–water partition coefficient (Wildman–Crippen LogP) is 0.434. The lowest BCUT2D eigenvalue weighted by Gasteiger charge is -2.15. The zero-order valence-corrected chi connectivity index (χ0v) is 8.29. The van der Waals surface area contributed by atoms with Crippen LogP contribution in [-0.2, 0) is 6.54 Å². The van der Waals surface area contributed by atoms with Crippen molar-refractivity contribution < 1.29 is 9.90 Å². The lowest BCUT2D eigenvalue weighted by atomic mass is 10.4. The number of amides is 1. The van der Waals surface area contributed by atoms with E-state index in [2.05, 4.69) is 15.4 Å². The molecule has 7 heteroatoms. The van der Waals surface area contributed by atoms with E-state index in [1.807, 2.05) is 10.6 Å². The molecule has 82 valence electrons. The van der Waals surface area contributed by atoms with Crippen molar-refractivity contribution in [3.63, 3.8) is 0 Å². The van der Waals surface area contributed by atoms with Crippen LogP contribution in [0.5, 0.6) is 0 Å². The zero-order chi connectivity index (χ0) is 11.1. The van der Waals surface area contributed by atoms with Gasteiger partial charge < -0.3 is 9.67 Å².